The number of amides is 1. The van der Waals surface area contributed by atoms with Crippen LogP contribution < -0.4 is 9.80 Å². The summed E-state index contributed by atoms with van der Waals surface area (Å²) in [6.45, 7) is 14.6. The largest absolute Gasteiger partial charge is 0.444 e. The molecule has 0 unspecified atom stereocenters. The average molecular weight is 565 g/mol. The predicted molar refractivity (Wildman–Crippen MR) is 161 cm³/mol. The summed E-state index contributed by atoms with van der Waals surface area (Å²) in [5.74, 6) is 0.925. The van der Waals surface area contributed by atoms with Gasteiger partial charge in [0.2, 0.25) is 0 Å². The highest BCUT2D eigenvalue weighted by Crippen LogP contribution is 2.35. The zero-order chi connectivity index (χ0) is 29.6. The highest BCUT2D eigenvalue weighted by molar-refractivity contribution is 5.95. The minimum Gasteiger partial charge on any atom is -0.444 e. The summed E-state index contributed by atoms with van der Waals surface area (Å²) in [6, 6.07) is 14.3. The van der Waals surface area contributed by atoms with Crippen molar-refractivity contribution in [3.63, 3.8) is 0 Å². The van der Waals surface area contributed by atoms with Gasteiger partial charge in [0.25, 0.3) is 0 Å². The Morgan fingerprint density at radius 2 is 1.79 bits per heavy atom. The fourth-order valence-electron chi connectivity index (χ4n) is 5.83. The first-order chi connectivity index (χ1) is 20.1. The van der Waals surface area contributed by atoms with Crippen molar-refractivity contribution < 1.29 is 9.53 Å². The average Bonchev–Trinajstić information content (AvgIpc) is 3.53. The molecule has 1 amide bonds. The van der Waals surface area contributed by atoms with Gasteiger partial charge >= 0.3 is 6.09 Å². The Hall–Kier alpha value is -4.65. The smallest absolute Gasteiger partial charge is 0.410 e. The molecule has 0 bridgehead atoms. The molecule has 1 aromatic carbocycles. The molecule has 1 fully saturated rings. The van der Waals surface area contributed by atoms with Crippen LogP contribution in [0.25, 0.3) is 10.9 Å². The van der Waals surface area contributed by atoms with Crippen molar-refractivity contribution in [1.29, 1.82) is 5.26 Å². The number of ether oxygens (including phenoxy) is 1. The zero-order valence-electron chi connectivity index (χ0n) is 24.9. The van der Waals surface area contributed by atoms with Crippen LogP contribution in [0.3, 0.4) is 0 Å². The molecule has 5 heterocycles. The van der Waals surface area contributed by atoms with Crippen LogP contribution in [0.1, 0.15) is 54.5 Å². The van der Waals surface area contributed by atoms with Gasteiger partial charge in [-0.05, 0) is 70.5 Å². The second kappa shape index (κ2) is 10.6. The number of aromatic nitrogens is 4. The van der Waals surface area contributed by atoms with Crippen molar-refractivity contribution in [2.45, 2.75) is 59.9 Å². The first kappa shape index (κ1) is 27.5. The maximum Gasteiger partial charge on any atom is 0.410 e. The number of pyridine rings is 2. The minimum absolute atomic E-state index is 0.258. The van der Waals surface area contributed by atoms with Gasteiger partial charge in [-0.25, -0.2) is 9.78 Å². The summed E-state index contributed by atoms with van der Waals surface area (Å²) < 4.78 is 7.64. The van der Waals surface area contributed by atoms with Crippen molar-refractivity contribution in [2.24, 2.45) is 0 Å². The van der Waals surface area contributed by atoms with E-state index in [9.17, 15) is 10.1 Å². The van der Waals surface area contributed by atoms with Gasteiger partial charge in [0, 0.05) is 61.3 Å². The first-order valence-corrected chi connectivity index (χ1v) is 14.4. The number of fused-ring (bicyclic) bond motifs is 2. The lowest BCUT2D eigenvalue weighted by Gasteiger charge is -2.36. The first-order valence-electron chi connectivity index (χ1n) is 14.4. The third-order valence-electron chi connectivity index (χ3n) is 8.02. The lowest BCUT2D eigenvalue weighted by atomic mass is 10.1. The van der Waals surface area contributed by atoms with Crippen LogP contribution in [0.4, 0.5) is 16.3 Å². The molecule has 0 aliphatic carbocycles. The molecule has 10 nitrogen and oxygen atoms in total. The fraction of sp³-hybridized carbons (Fsp3) is 0.406. The van der Waals surface area contributed by atoms with E-state index < -0.39 is 5.60 Å². The van der Waals surface area contributed by atoms with E-state index in [4.69, 9.17) is 14.8 Å². The van der Waals surface area contributed by atoms with Crippen LogP contribution in [-0.4, -0.2) is 62.5 Å². The fourth-order valence-corrected chi connectivity index (χ4v) is 5.83. The van der Waals surface area contributed by atoms with Crippen LogP contribution in [0, 0.1) is 25.2 Å². The second-order valence-electron chi connectivity index (χ2n) is 12.0. The summed E-state index contributed by atoms with van der Waals surface area (Å²) in [4.78, 5) is 28.2. The number of benzene rings is 1. The van der Waals surface area contributed by atoms with Gasteiger partial charge in [0.05, 0.1) is 35.6 Å². The van der Waals surface area contributed by atoms with Gasteiger partial charge < -0.3 is 19.4 Å². The second-order valence-corrected chi connectivity index (χ2v) is 12.0. The van der Waals surface area contributed by atoms with Gasteiger partial charge in [-0.2, -0.15) is 10.4 Å². The number of hydrogen-bond donors (Lipinski definition) is 0. The number of anilines is 2. The number of piperazine rings is 1. The van der Waals surface area contributed by atoms with E-state index in [1.807, 2.05) is 45.0 Å². The third kappa shape index (κ3) is 5.22. The molecule has 0 spiro atoms. The lowest BCUT2D eigenvalue weighted by Crippen LogP contribution is -2.50. The summed E-state index contributed by atoms with van der Waals surface area (Å²) in [7, 11) is 0. The molecule has 0 saturated carbocycles. The van der Waals surface area contributed by atoms with E-state index in [0.29, 0.717) is 38.3 Å². The van der Waals surface area contributed by atoms with E-state index in [-0.39, 0.29) is 6.09 Å². The highest BCUT2D eigenvalue weighted by atomic mass is 16.6. The molecule has 10 heteroatoms. The molecular formula is C32H36N8O2. The third-order valence-corrected chi connectivity index (χ3v) is 8.02. The van der Waals surface area contributed by atoms with Gasteiger partial charge in [0.1, 0.15) is 17.5 Å². The van der Waals surface area contributed by atoms with E-state index in [1.54, 1.807) is 11.1 Å². The van der Waals surface area contributed by atoms with Crippen molar-refractivity contribution in [2.75, 3.05) is 36.0 Å². The van der Waals surface area contributed by atoms with E-state index in [2.05, 4.69) is 51.5 Å². The van der Waals surface area contributed by atoms with E-state index in [1.165, 1.54) is 11.3 Å². The molecule has 4 aromatic rings. The summed E-state index contributed by atoms with van der Waals surface area (Å²) in [6.07, 6.45) is 1.48. The molecule has 6 rings (SSSR count). The number of nitrogens with zero attached hydrogens (tertiary/aromatic N) is 8. The Bertz CT molecular complexity index is 1710. The Balaban J connectivity index is 1.16. The molecule has 0 atom stereocenters. The predicted octanol–water partition coefficient (Wildman–Crippen LogP) is 4.94. The number of carbonyl (C=O) groups excluding carboxylic acids is 1. The molecule has 0 N–H and O–H groups in total. The van der Waals surface area contributed by atoms with Crippen LogP contribution in [-0.2, 0) is 24.4 Å². The summed E-state index contributed by atoms with van der Waals surface area (Å²) >= 11 is 0. The van der Waals surface area contributed by atoms with Gasteiger partial charge in [-0.1, -0.05) is 6.07 Å². The van der Waals surface area contributed by atoms with Crippen LogP contribution in [0.5, 0.6) is 0 Å². The Morgan fingerprint density at radius 1 is 1.00 bits per heavy atom. The Morgan fingerprint density at radius 3 is 2.50 bits per heavy atom. The van der Waals surface area contributed by atoms with Gasteiger partial charge in [0.15, 0.2) is 0 Å². The maximum atomic E-state index is 12.4. The van der Waals surface area contributed by atoms with Crippen molar-refractivity contribution in [3.8, 4) is 6.07 Å². The SMILES string of the molecule is Cc1nc(N2CCN(C(=O)OC(C)(C)C)CC2)ccc1Cn1nc(C)c2c1CN(c1ccc(C#N)c3ncccc13)C2. The van der Waals surface area contributed by atoms with E-state index in [0.717, 1.165) is 52.4 Å². The Labute approximate surface area is 246 Å². The van der Waals surface area contributed by atoms with E-state index >= 15 is 0 Å². The zero-order valence-corrected chi connectivity index (χ0v) is 24.9. The number of aryl methyl sites for hydroxylation is 2. The maximum absolute atomic E-state index is 12.4. The molecule has 0 radical (unpaired) electrons. The van der Waals surface area contributed by atoms with Crippen molar-refractivity contribution in [3.05, 3.63) is 76.4 Å². The van der Waals surface area contributed by atoms with Gasteiger partial charge in [-0.3, -0.25) is 9.67 Å². The number of hydrogen-bond acceptors (Lipinski definition) is 8. The van der Waals surface area contributed by atoms with Crippen molar-refractivity contribution in [1.82, 2.24) is 24.6 Å². The monoisotopic (exact) mass is 564 g/mol. The highest BCUT2D eigenvalue weighted by Gasteiger charge is 2.29. The van der Waals surface area contributed by atoms with Gasteiger partial charge in [-0.15, -0.1) is 0 Å². The molecule has 42 heavy (non-hydrogen) atoms. The number of carbonyl (C=O) groups is 1. The molecule has 216 valence electrons. The quantitative estimate of drug-likeness (QED) is 0.343. The molecule has 3 aromatic heterocycles. The normalized spacial score (nSPS) is 15.2. The molecule has 2 aliphatic rings. The lowest BCUT2D eigenvalue weighted by molar-refractivity contribution is 0.0240. The Kier molecular flexibility index (Phi) is 6.97. The standard InChI is InChI=1S/C32H36N8O2/c1-21-24(9-11-29(35-21)37-13-15-38(16-14-37)31(41)42-32(3,4)5)18-40-28-20-39(19-26(28)22(2)36-40)27-10-8-23(17-33)30-25(27)7-6-12-34-30/h6-12H,13-16,18-20H2,1-5H3. The van der Waals surface area contributed by atoms with Crippen LogP contribution in [0.2, 0.25) is 0 Å². The molecule has 2 aliphatic heterocycles. The molecule has 1 saturated heterocycles. The summed E-state index contributed by atoms with van der Waals surface area (Å²) in [5, 5.41) is 15.4. The summed E-state index contributed by atoms with van der Waals surface area (Å²) in [5.41, 5.74) is 7.50. The molecular weight excluding hydrogens is 528 g/mol. The van der Waals surface area contributed by atoms with Crippen molar-refractivity contribution >= 4 is 28.5 Å². The minimum atomic E-state index is -0.496. The number of nitriles is 1. The topological polar surface area (TPSA) is 103 Å². The van der Waals surface area contributed by atoms with Crippen LogP contribution >= 0.6 is 0 Å². The number of rotatable bonds is 4. The van der Waals surface area contributed by atoms with Crippen LogP contribution in [0.15, 0.2) is 42.6 Å².